The third-order valence-electron chi connectivity index (χ3n) is 4.72. The van der Waals surface area contributed by atoms with E-state index in [1.54, 1.807) is 23.8 Å². The van der Waals surface area contributed by atoms with Crippen molar-refractivity contribution < 1.29 is 4.21 Å². The molecule has 1 unspecified atom stereocenters. The van der Waals surface area contributed by atoms with E-state index in [4.69, 9.17) is 4.98 Å². The van der Waals surface area contributed by atoms with E-state index in [2.05, 4.69) is 28.4 Å². The zero-order valence-electron chi connectivity index (χ0n) is 17.2. The van der Waals surface area contributed by atoms with Crippen LogP contribution in [0.15, 0.2) is 82.2 Å². The van der Waals surface area contributed by atoms with E-state index in [9.17, 15) is 4.21 Å². The first-order chi connectivity index (χ1) is 14.5. The molecule has 2 aromatic heterocycles. The van der Waals surface area contributed by atoms with E-state index in [1.165, 1.54) is 0 Å². The second kappa shape index (κ2) is 8.50. The van der Waals surface area contributed by atoms with E-state index in [-0.39, 0.29) is 0 Å². The molecule has 0 aliphatic heterocycles. The summed E-state index contributed by atoms with van der Waals surface area (Å²) in [6.45, 7) is 4.09. The largest absolute Gasteiger partial charge is 0.245 e. The van der Waals surface area contributed by atoms with Gasteiger partial charge < -0.3 is 0 Å². The standard InChI is InChI=1S/C24H23N3OS2/c1-4-22-26-23(18-10-6-5-7-11-18)24(29-22)19-13-14-25-21(16-19)27-30(3,28)20-12-8-9-17(2)15-20/h5-16H,4H2,1-3H3. The number of aryl methyl sites for hydroxylation is 2. The first kappa shape index (κ1) is 20.4. The predicted molar refractivity (Wildman–Crippen MR) is 126 cm³/mol. The minimum Gasteiger partial charge on any atom is -0.245 e. The fourth-order valence-electron chi connectivity index (χ4n) is 3.19. The average Bonchev–Trinajstić information content (AvgIpc) is 3.19. The molecule has 4 nitrogen and oxygen atoms in total. The quantitative estimate of drug-likeness (QED) is 0.359. The van der Waals surface area contributed by atoms with Crippen molar-refractivity contribution in [1.82, 2.24) is 9.97 Å². The van der Waals surface area contributed by atoms with E-state index in [0.717, 1.165) is 38.7 Å². The van der Waals surface area contributed by atoms with Gasteiger partial charge in [-0.3, -0.25) is 0 Å². The third kappa shape index (κ3) is 4.35. The third-order valence-corrected chi connectivity index (χ3v) is 7.64. The molecule has 0 saturated carbocycles. The zero-order valence-corrected chi connectivity index (χ0v) is 18.8. The van der Waals surface area contributed by atoms with Gasteiger partial charge >= 0.3 is 0 Å². The summed E-state index contributed by atoms with van der Waals surface area (Å²) in [4.78, 5) is 11.0. The summed E-state index contributed by atoms with van der Waals surface area (Å²) in [6.07, 6.45) is 4.26. The molecule has 0 aliphatic carbocycles. The maximum absolute atomic E-state index is 13.3. The van der Waals surface area contributed by atoms with Gasteiger partial charge in [0, 0.05) is 22.9 Å². The second-order valence-electron chi connectivity index (χ2n) is 7.12. The van der Waals surface area contributed by atoms with Gasteiger partial charge in [-0.2, -0.15) is 4.36 Å². The van der Waals surface area contributed by atoms with Crippen LogP contribution in [0.2, 0.25) is 0 Å². The van der Waals surface area contributed by atoms with Gasteiger partial charge in [-0.05, 0) is 48.7 Å². The van der Waals surface area contributed by atoms with Crippen LogP contribution < -0.4 is 0 Å². The topological polar surface area (TPSA) is 55.2 Å². The number of thiazole rings is 1. The summed E-state index contributed by atoms with van der Waals surface area (Å²) in [5.74, 6) is 0.465. The van der Waals surface area contributed by atoms with Crippen LogP contribution >= 0.6 is 11.3 Å². The first-order valence-corrected chi connectivity index (χ1v) is 12.5. The van der Waals surface area contributed by atoms with E-state index in [0.29, 0.717) is 10.7 Å². The highest BCUT2D eigenvalue weighted by atomic mass is 32.2. The van der Waals surface area contributed by atoms with Crippen molar-refractivity contribution in [1.29, 1.82) is 0 Å². The molecule has 0 N–H and O–H groups in total. The monoisotopic (exact) mass is 433 g/mol. The van der Waals surface area contributed by atoms with Gasteiger partial charge in [-0.25, -0.2) is 14.2 Å². The highest BCUT2D eigenvalue weighted by Gasteiger charge is 2.15. The lowest BCUT2D eigenvalue weighted by Gasteiger charge is -2.07. The number of aromatic nitrogens is 2. The SMILES string of the molecule is CCc1nc(-c2ccccc2)c(-c2ccnc(N=S(C)(=O)c3cccc(C)c3)c2)s1. The summed E-state index contributed by atoms with van der Waals surface area (Å²) in [5, 5.41) is 1.08. The average molecular weight is 434 g/mol. The van der Waals surface area contributed by atoms with E-state index < -0.39 is 9.73 Å². The number of hydrogen-bond acceptors (Lipinski definition) is 5. The number of rotatable bonds is 5. The number of pyridine rings is 1. The minimum absolute atomic E-state index is 0.465. The Morgan fingerprint density at radius 1 is 1.00 bits per heavy atom. The summed E-state index contributed by atoms with van der Waals surface area (Å²) in [5.41, 5.74) is 4.09. The van der Waals surface area contributed by atoms with Gasteiger partial charge in [0.15, 0.2) is 5.82 Å². The molecule has 4 aromatic rings. The molecule has 4 rings (SSSR count). The Hall–Kier alpha value is -2.83. The Bertz CT molecular complexity index is 1300. The Morgan fingerprint density at radius 2 is 1.80 bits per heavy atom. The van der Waals surface area contributed by atoms with Crippen LogP contribution in [-0.2, 0) is 16.1 Å². The molecule has 0 fully saturated rings. The Kier molecular flexibility index (Phi) is 5.79. The molecule has 0 saturated heterocycles. The lowest BCUT2D eigenvalue weighted by molar-refractivity contribution is 0.680. The van der Waals surface area contributed by atoms with Crippen molar-refractivity contribution in [3.8, 4) is 21.7 Å². The molecule has 0 spiro atoms. The number of hydrogen-bond donors (Lipinski definition) is 0. The molecule has 152 valence electrons. The molecule has 1 atom stereocenters. The highest BCUT2D eigenvalue weighted by molar-refractivity contribution is 7.93. The van der Waals surface area contributed by atoms with Gasteiger partial charge in [0.1, 0.15) is 0 Å². The highest BCUT2D eigenvalue weighted by Crippen LogP contribution is 2.38. The van der Waals surface area contributed by atoms with Gasteiger partial charge in [0.25, 0.3) is 0 Å². The van der Waals surface area contributed by atoms with Crippen molar-refractivity contribution >= 4 is 26.9 Å². The number of nitrogens with zero attached hydrogens (tertiary/aromatic N) is 3. The molecular weight excluding hydrogens is 410 g/mol. The Morgan fingerprint density at radius 3 is 2.53 bits per heavy atom. The van der Waals surface area contributed by atoms with Gasteiger partial charge in [0.05, 0.1) is 25.3 Å². The summed E-state index contributed by atoms with van der Waals surface area (Å²) < 4.78 is 17.8. The van der Waals surface area contributed by atoms with E-state index >= 15 is 0 Å². The van der Waals surface area contributed by atoms with E-state index in [1.807, 2.05) is 61.5 Å². The summed E-state index contributed by atoms with van der Waals surface area (Å²) >= 11 is 1.68. The summed E-state index contributed by atoms with van der Waals surface area (Å²) in [6, 6.07) is 21.7. The fourth-order valence-corrected chi connectivity index (χ4v) is 5.51. The van der Waals surface area contributed by atoms with Crippen molar-refractivity contribution in [2.75, 3.05) is 6.26 Å². The minimum atomic E-state index is -2.60. The van der Waals surface area contributed by atoms with Crippen LogP contribution in [0, 0.1) is 6.92 Å². The van der Waals surface area contributed by atoms with Crippen LogP contribution in [0.1, 0.15) is 17.5 Å². The van der Waals surface area contributed by atoms with Gasteiger partial charge in [-0.15, -0.1) is 11.3 Å². The van der Waals surface area contributed by atoms with Gasteiger partial charge in [-0.1, -0.05) is 49.4 Å². The lowest BCUT2D eigenvalue weighted by atomic mass is 10.1. The van der Waals surface area contributed by atoms with Crippen LogP contribution in [0.25, 0.3) is 21.7 Å². The van der Waals surface area contributed by atoms with Crippen LogP contribution in [0.4, 0.5) is 5.82 Å². The second-order valence-corrected chi connectivity index (χ2v) is 10.5. The Labute approximate surface area is 181 Å². The maximum Gasteiger partial charge on any atom is 0.162 e. The smallest absolute Gasteiger partial charge is 0.162 e. The van der Waals surface area contributed by atoms with Crippen LogP contribution in [-0.4, -0.2) is 20.4 Å². The van der Waals surface area contributed by atoms with Crippen molar-refractivity contribution in [3.05, 3.63) is 83.5 Å². The molecule has 6 heteroatoms. The Balaban J connectivity index is 1.80. The molecule has 0 amide bonds. The lowest BCUT2D eigenvalue weighted by Crippen LogP contribution is -1.97. The molecule has 30 heavy (non-hydrogen) atoms. The molecular formula is C24H23N3OS2. The number of benzene rings is 2. The van der Waals surface area contributed by atoms with Crippen molar-refractivity contribution in [2.24, 2.45) is 4.36 Å². The van der Waals surface area contributed by atoms with Crippen molar-refractivity contribution in [3.63, 3.8) is 0 Å². The van der Waals surface area contributed by atoms with Crippen molar-refractivity contribution in [2.45, 2.75) is 25.2 Å². The molecule has 2 aromatic carbocycles. The maximum atomic E-state index is 13.3. The normalized spacial score (nSPS) is 13.0. The van der Waals surface area contributed by atoms with Crippen LogP contribution in [0.5, 0.6) is 0 Å². The summed E-state index contributed by atoms with van der Waals surface area (Å²) in [7, 11) is -2.60. The molecule has 2 heterocycles. The molecule has 0 aliphatic rings. The van der Waals surface area contributed by atoms with Crippen LogP contribution in [0.3, 0.4) is 0 Å². The zero-order chi connectivity index (χ0) is 21.1. The fraction of sp³-hybridized carbons (Fsp3) is 0.167. The molecule has 0 bridgehead atoms. The van der Waals surface area contributed by atoms with Gasteiger partial charge in [0.2, 0.25) is 0 Å². The predicted octanol–water partition coefficient (Wildman–Crippen LogP) is 6.53. The molecule has 0 radical (unpaired) electrons. The first-order valence-electron chi connectivity index (χ1n) is 9.76.